The van der Waals surface area contributed by atoms with Gasteiger partial charge in [0.15, 0.2) is 0 Å². The van der Waals surface area contributed by atoms with Crippen molar-refractivity contribution in [1.29, 1.82) is 5.26 Å². The summed E-state index contributed by atoms with van der Waals surface area (Å²) in [6.45, 7) is 5.59. The van der Waals surface area contributed by atoms with Crippen molar-refractivity contribution in [3.8, 4) is 6.07 Å². The van der Waals surface area contributed by atoms with Crippen molar-refractivity contribution >= 4 is 5.91 Å². The quantitative estimate of drug-likeness (QED) is 0.713. The van der Waals surface area contributed by atoms with Gasteiger partial charge in [0.25, 0.3) is 0 Å². The van der Waals surface area contributed by atoms with Gasteiger partial charge in [-0.2, -0.15) is 5.26 Å². The van der Waals surface area contributed by atoms with Gasteiger partial charge < -0.3 is 4.90 Å². The van der Waals surface area contributed by atoms with Crippen molar-refractivity contribution in [1.82, 2.24) is 4.90 Å². The molecule has 1 atom stereocenters. The second-order valence-corrected chi connectivity index (χ2v) is 4.27. The van der Waals surface area contributed by atoms with E-state index in [0.29, 0.717) is 6.54 Å². The standard InChI is InChI=1S/C12H20N2O/c1-3-11(4-2)12(15)14-7-5-6-10(8-13)9-14/h10-11H,3-7,9H2,1-2H3. The Hall–Kier alpha value is -1.04. The number of likely N-dealkylation sites (tertiary alicyclic amines) is 1. The Balaban J connectivity index is 2.56. The largest absolute Gasteiger partial charge is 0.341 e. The van der Waals surface area contributed by atoms with Crippen LogP contribution in [0.2, 0.25) is 0 Å². The lowest BCUT2D eigenvalue weighted by Gasteiger charge is -2.32. The number of nitriles is 1. The summed E-state index contributed by atoms with van der Waals surface area (Å²) in [5, 5.41) is 8.86. The first-order valence-electron chi connectivity index (χ1n) is 5.91. The van der Waals surface area contributed by atoms with Crippen molar-refractivity contribution in [2.45, 2.75) is 39.5 Å². The molecule has 1 amide bonds. The molecule has 1 saturated heterocycles. The summed E-state index contributed by atoms with van der Waals surface area (Å²) < 4.78 is 0. The summed E-state index contributed by atoms with van der Waals surface area (Å²) in [7, 11) is 0. The maximum Gasteiger partial charge on any atom is 0.225 e. The highest BCUT2D eigenvalue weighted by Crippen LogP contribution is 2.19. The molecule has 0 aromatic rings. The highest BCUT2D eigenvalue weighted by atomic mass is 16.2. The first-order chi connectivity index (χ1) is 7.22. The number of nitrogens with zero attached hydrogens (tertiary/aromatic N) is 2. The van der Waals surface area contributed by atoms with Crippen LogP contribution in [0.4, 0.5) is 0 Å². The first kappa shape index (κ1) is 12.0. The fourth-order valence-electron chi connectivity index (χ4n) is 2.18. The average Bonchev–Trinajstić information content (AvgIpc) is 2.30. The summed E-state index contributed by atoms with van der Waals surface area (Å²) in [4.78, 5) is 13.9. The van der Waals surface area contributed by atoms with Gasteiger partial charge in [-0.05, 0) is 25.7 Å². The minimum Gasteiger partial charge on any atom is -0.341 e. The Morgan fingerprint density at radius 1 is 1.53 bits per heavy atom. The molecule has 84 valence electrons. The summed E-state index contributed by atoms with van der Waals surface area (Å²) >= 11 is 0. The third-order valence-electron chi connectivity index (χ3n) is 3.25. The van der Waals surface area contributed by atoms with E-state index in [-0.39, 0.29) is 17.7 Å². The van der Waals surface area contributed by atoms with Crippen molar-refractivity contribution in [3.05, 3.63) is 0 Å². The van der Waals surface area contributed by atoms with Crippen molar-refractivity contribution < 1.29 is 4.79 Å². The third kappa shape index (κ3) is 2.95. The molecule has 1 rings (SSSR count). The lowest BCUT2D eigenvalue weighted by atomic mass is 9.96. The molecule has 0 bridgehead atoms. The van der Waals surface area contributed by atoms with E-state index < -0.39 is 0 Å². The molecule has 1 aliphatic heterocycles. The number of rotatable bonds is 3. The van der Waals surface area contributed by atoms with Crippen LogP contribution in [0.3, 0.4) is 0 Å². The fourth-order valence-corrected chi connectivity index (χ4v) is 2.18. The third-order valence-corrected chi connectivity index (χ3v) is 3.25. The molecule has 0 saturated carbocycles. The molecule has 1 fully saturated rings. The number of amides is 1. The highest BCUT2D eigenvalue weighted by Gasteiger charge is 2.26. The van der Waals surface area contributed by atoms with Crippen LogP contribution in [0.25, 0.3) is 0 Å². The van der Waals surface area contributed by atoms with Gasteiger partial charge >= 0.3 is 0 Å². The van der Waals surface area contributed by atoms with Gasteiger partial charge in [-0.3, -0.25) is 4.79 Å². The van der Waals surface area contributed by atoms with Gasteiger partial charge in [0, 0.05) is 19.0 Å². The van der Waals surface area contributed by atoms with Crippen LogP contribution < -0.4 is 0 Å². The van der Waals surface area contributed by atoms with E-state index in [2.05, 4.69) is 19.9 Å². The number of carbonyl (C=O) groups is 1. The van der Waals surface area contributed by atoms with Gasteiger partial charge in [0.2, 0.25) is 5.91 Å². The number of hydrogen-bond acceptors (Lipinski definition) is 2. The van der Waals surface area contributed by atoms with Crippen molar-refractivity contribution in [3.63, 3.8) is 0 Å². The number of hydrogen-bond donors (Lipinski definition) is 0. The Kier molecular flexibility index (Phi) is 4.61. The monoisotopic (exact) mass is 208 g/mol. The molecule has 15 heavy (non-hydrogen) atoms. The van der Waals surface area contributed by atoms with Crippen LogP contribution in [0.1, 0.15) is 39.5 Å². The van der Waals surface area contributed by atoms with Crippen LogP contribution in [0.5, 0.6) is 0 Å². The predicted molar refractivity (Wildman–Crippen MR) is 59.0 cm³/mol. The maximum atomic E-state index is 12.0. The molecule has 0 N–H and O–H groups in total. The zero-order valence-electron chi connectivity index (χ0n) is 9.70. The van der Waals surface area contributed by atoms with Gasteiger partial charge in [-0.1, -0.05) is 13.8 Å². The van der Waals surface area contributed by atoms with Gasteiger partial charge in [-0.25, -0.2) is 0 Å². The van der Waals surface area contributed by atoms with E-state index in [4.69, 9.17) is 5.26 Å². The van der Waals surface area contributed by atoms with Gasteiger partial charge in [0.1, 0.15) is 0 Å². The van der Waals surface area contributed by atoms with E-state index in [1.807, 2.05) is 4.90 Å². The molecule has 1 aliphatic rings. The minimum absolute atomic E-state index is 0.0528. The molecule has 0 radical (unpaired) electrons. The molecule has 3 nitrogen and oxygen atoms in total. The van der Waals surface area contributed by atoms with E-state index in [1.165, 1.54) is 0 Å². The Bertz CT molecular complexity index is 253. The second kappa shape index (κ2) is 5.75. The van der Waals surface area contributed by atoms with Gasteiger partial charge in [-0.15, -0.1) is 0 Å². The molecular formula is C12H20N2O. The minimum atomic E-state index is 0.0528. The molecule has 0 spiro atoms. The molecule has 0 aliphatic carbocycles. The van der Waals surface area contributed by atoms with E-state index in [9.17, 15) is 4.79 Å². The summed E-state index contributed by atoms with van der Waals surface area (Å²) in [5.41, 5.74) is 0. The lowest BCUT2D eigenvalue weighted by molar-refractivity contribution is -0.137. The normalized spacial score (nSPS) is 21.5. The fraction of sp³-hybridized carbons (Fsp3) is 0.833. The molecule has 1 heterocycles. The summed E-state index contributed by atoms with van der Waals surface area (Å²) in [5.74, 6) is 0.458. The topological polar surface area (TPSA) is 44.1 Å². The van der Waals surface area contributed by atoms with Crippen LogP contribution >= 0.6 is 0 Å². The lowest BCUT2D eigenvalue weighted by Crippen LogP contribution is -2.42. The Morgan fingerprint density at radius 3 is 2.73 bits per heavy atom. The van der Waals surface area contributed by atoms with Gasteiger partial charge in [0.05, 0.1) is 12.0 Å². The van der Waals surface area contributed by atoms with E-state index in [1.54, 1.807) is 0 Å². The second-order valence-electron chi connectivity index (χ2n) is 4.27. The highest BCUT2D eigenvalue weighted by molar-refractivity contribution is 5.78. The molecule has 0 aromatic carbocycles. The Morgan fingerprint density at radius 2 is 2.20 bits per heavy atom. The van der Waals surface area contributed by atoms with E-state index >= 15 is 0 Å². The molecule has 0 aromatic heterocycles. The smallest absolute Gasteiger partial charge is 0.225 e. The maximum absolute atomic E-state index is 12.0. The van der Waals surface area contributed by atoms with Crippen LogP contribution in [0.15, 0.2) is 0 Å². The van der Waals surface area contributed by atoms with Crippen molar-refractivity contribution in [2.75, 3.05) is 13.1 Å². The summed E-state index contributed by atoms with van der Waals surface area (Å²) in [6.07, 6.45) is 3.74. The summed E-state index contributed by atoms with van der Waals surface area (Å²) in [6, 6.07) is 2.27. The van der Waals surface area contributed by atoms with Crippen molar-refractivity contribution in [2.24, 2.45) is 11.8 Å². The SMILES string of the molecule is CCC(CC)C(=O)N1CCCC(C#N)C1. The number of carbonyl (C=O) groups excluding carboxylic acids is 1. The Labute approximate surface area is 92.1 Å². The average molecular weight is 208 g/mol. The van der Waals surface area contributed by atoms with Crippen LogP contribution in [-0.2, 0) is 4.79 Å². The first-order valence-corrected chi connectivity index (χ1v) is 5.91. The van der Waals surface area contributed by atoms with E-state index in [0.717, 1.165) is 32.2 Å². The zero-order valence-corrected chi connectivity index (χ0v) is 9.70. The molecular weight excluding hydrogens is 188 g/mol. The number of piperidine rings is 1. The predicted octanol–water partition coefficient (Wildman–Crippen LogP) is 2.18. The molecule has 3 heteroatoms. The zero-order chi connectivity index (χ0) is 11.3. The van der Waals surface area contributed by atoms with Crippen LogP contribution in [-0.4, -0.2) is 23.9 Å². The molecule has 1 unspecified atom stereocenters. The van der Waals surface area contributed by atoms with Crippen LogP contribution in [0, 0.1) is 23.2 Å².